The molecule has 2 heterocycles. The number of aromatic nitrogens is 1. The van der Waals surface area contributed by atoms with Crippen LogP contribution in [0.2, 0.25) is 0 Å². The van der Waals surface area contributed by atoms with Crippen LogP contribution in [0.25, 0.3) is 10.9 Å². The number of pyridine rings is 1. The van der Waals surface area contributed by atoms with Gasteiger partial charge in [0.25, 0.3) is 0 Å². The number of hydrogen-bond acceptors (Lipinski definition) is 4. The van der Waals surface area contributed by atoms with E-state index >= 15 is 0 Å². The predicted octanol–water partition coefficient (Wildman–Crippen LogP) is 3.27. The molecule has 0 bridgehead atoms. The second-order valence-corrected chi connectivity index (χ2v) is 8.03. The standard InChI is InChI=1S/C16H18F3N3O2S/c1-11-3-2-4-13-14(5-8-20-15(11)13)21-12-6-9-22(10-7-12)25(23,24)16(17,18)19/h2-5,8,12H,6-7,9-10H2,1H3,(H,20,21). The lowest BCUT2D eigenvalue weighted by atomic mass is 10.0. The molecule has 9 heteroatoms. The summed E-state index contributed by atoms with van der Waals surface area (Å²) in [5.41, 5.74) is -2.49. The van der Waals surface area contributed by atoms with Crippen molar-refractivity contribution < 1.29 is 21.6 Å². The highest BCUT2D eigenvalue weighted by Gasteiger charge is 2.50. The van der Waals surface area contributed by atoms with Gasteiger partial charge in [0.2, 0.25) is 0 Å². The number of nitrogens with zero attached hydrogens (tertiary/aromatic N) is 2. The first-order chi connectivity index (χ1) is 11.7. The van der Waals surface area contributed by atoms with Crippen LogP contribution >= 0.6 is 0 Å². The number of aryl methyl sites for hydroxylation is 1. The molecule has 0 atom stereocenters. The van der Waals surface area contributed by atoms with Crippen molar-refractivity contribution in [3.8, 4) is 0 Å². The van der Waals surface area contributed by atoms with Crippen LogP contribution < -0.4 is 5.32 Å². The first-order valence-electron chi connectivity index (χ1n) is 7.87. The first kappa shape index (κ1) is 17.9. The van der Waals surface area contributed by atoms with Crippen molar-refractivity contribution in [2.24, 2.45) is 0 Å². The highest BCUT2D eigenvalue weighted by molar-refractivity contribution is 7.90. The Morgan fingerprint density at radius 1 is 1.20 bits per heavy atom. The normalized spacial score (nSPS) is 17.8. The van der Waals surface area contributed by atoms with Gasteiger partial charge in [0.1, 0.15) is 0 Å². The molecule has 5 nitrogen and oxygen atoms in total. The molecule has 0 aliphatic carbocycles. The Bertz CT molecular complexity index is 876. The van der Waals surface area contributed by atoms with Crippen LogP contribution in [-0.4, -0.2) is 42.3 Å². The third-order valence-electron chi connectivity index (χ3n) is 4.42. The molecule has 2 aromatic rings. The maximum atomic E-state index is 12.6. The molecule has 0 spiro atoms. The molecule has 0 unspecified atom stereocenters. The minimum atomic E-state index is -5.24. The molecule has 1 aromatic heterocycles. The SMILES string of the molecule is Cc1cccc2c(NC3CCN(S(=O)(=O)C(F)(F)F)CC3)ccnc12. The van der Waals surface area contributed by atoms with Crippen LogP contribution in [0, 0.1) is 6.92 Å². The second kappa shape index (κ2) is 6.45. The highest BCUT2D eigenvalue weighted by atomic mass is 32.2. The van der Waals surface area contributed by atoms with Crippen molar-refractivity contribution in [1.29, 1.82) is 0 Å². The molecule has 3 rings (SSSR count). The zero-order valence-electron chi connectivity index (χ0n) is 13.5. The fraction of sp³-hybridized carbons (Fsp3) is 0.438. The quantitative estimate of drug-likeness (QED) is 0.897. The van der Waals surface area contributed by atoms with Crippen LogP contribution in [0.3, 0.4) is 0 Å². The van der Waals surface area contributed by atoms with Gasteiger partial charge >= 0.3 is 15.5 Å². The van der Waals surface area contributed by atoms with E-state index in [1.54, 1.807) is 6.20 Å². The molecule has 136 valence electrons. The van der Waals surface area contributed by atoms with Crippen LogP contribution in [0.5, 0.6) is 0 Å². The topological polar surface area (TPSA) is 62.3 Å². The Morgan fingerprint density at radius 3 is 2.52 bits per heavy atom. The van der Waals surface area contributed by atoms with Crippen molar-refractivity contribution in [2.75, 3.05) is 18.4 Å². The maximum Gasteiger partial charge on any atom is 0.511 e. The van der Waals surface area contributed by atoms with Gasteiger partial charge < -0.3 is 5.32 Å². The van der Waals surface area contributed by atoms with E-state index < -0.39 is 15.5 Å². The highest BCUT2D eigenvalue weighted by Crippen LogP contribution is 2.30. The number of anilines is 1. The number of nitrogens with one attached hydrogen (secondary N) is 1. The van der Waals surface area contributed by atoms with Gasteiger partial charge in [0.15, 0.2) is 0 Å². The Balaban J connectivity index is 1.73. The monoisotopic (exact) mass is 373 g/mol. The summed E-state index contributed by atoms with van der Waals surface area (Å²) in [7, 11) is -5.24. The molecule has 1 aliphatic rings. The zero-order valence-corrected chi connectivity index (χ0v) is 14.4. The van der Waals surface area contributed by atoms with Crippen molar-refractivity contribution in [1.82, 2.24) is 9.29 Å². The number of alkyl halides is 3. The summed E-state index contributed by atoms with van der Waals surface area (Å²) in [5.74, 6) is 0. The minimum Gasteiger partial charge on any atom is -0.382 e. The van der Waals surface area contributed by atoms with E-state index in [1.165, 1.54) is 0 Å². The number of benzene rings is 1. The average molecular weight is 373 g/mol. The van der Waals surface area contributed by atoms with Crippen molar-refractivity contribution in [3.05, 3.63) is 36.0 Å². The summed E-state index contributed by atoms with van der Waals surface area (Å²) < 4.78 is 61.3. The summed E-state index contributed by atoms with van der Waals surface area (Å²) in [4.78, 5) is 4.35. The Hall–Kier alpha value is -1.87. The minimum absolute atomic E-state index is 0.0919. The summed E-state index contributed by atoms with van der Waals surface area (Å²) in [6.07, 6.45) is 2.30. The Labute approximate surface area is 143 Å². The molecule has 25 heavy (non-hydrogen) atoms. The molecule has 1 aromatic carbocycles. The van der Waals surface area contributed by atoms with Crippen molar-refractivity contribution >= 4 is 26.6 Å². The van der Waals surface area contributed by atoms with Crippen molar-refractivity contribution in [2.45, 2.75) is 31.3 Å². The van der Waals surface area contributed by atoms with Crippen LogP contribution in [-0.2, 0) is 10.0 Å². The number of rotatable bonds is 3. The van der Waals surface area contributed by atoms with Crippen LogP contribution in [0.4, 0.5) is 18.9 Å². The molecular weight excluding hydrogens is 355 g/mol. The van der Waals surface area contributed by atoms with Gasteiger partial charge in [-0.2, -0.15) is 17.5 Å². The van der Waals surface area contributed by atoms with Crippen LogP contribution in [0.1, 0.15) is 18.4 Å². The largest absolute Gasteiger partial charge is 0.511 e. The lowest BCUT2D eigenvalue weighted by molar-refractivity contribution is -0.0494. The fourth-order valence-electron chi connectivity index (χ4n) is 3.06. The van der Waals surface area contributed by atoms with Gasteiger partial charge in [-0.05, 0) is 31.4 Å². The van der Waals surface area contributed by atoms with E-state index in [0.29, 0.717) is 17.1 Å². The Kier molecular flexibility index (Phi) is 4.63. The second-order valence-electron chi connectivity index (χ2n) is 6.10. The third kappa shape index (κ3) is 3.43. The third-order valence-corrected chi connectivity index (χ3v) is 6.05. The van der Waals surface area contributed by atoms with Gasteiger partial charge in [-0.3, -0.25) is 4.98 Å². The summed E-state index contributed by atoms with van der Waals surface area (Å²) in [6.45, 7) is 1.66. The van der Waals surface area contributed by atoms with E-state index in [1.807, 2.05) is 31.2 Å². The van der Waals surface area contributed by atoms with Gasteiger partial charge in [-0.15, -0.1) is 0 Å². The van der Waals surface area contributed by atoms with E-state index in [4.69, 9.17) is 0 Å². The van der Waals surface area contributed by atoms with Gasteiger partial charge in [-0.25, -0.2) is 8.42 Å². The number of hydrogen-bond donors (Lipinski definition) is 1. The maximum absolute atomic E-state index is 12.6. The summed E-state index contributed by atoms with van der Waals surface area (Å²) in [6, 6.07) is 7.54. The fourth-order valence-corrected chi connectivity index (χ4v) is 4.04. The van der Waals surface area contributed by atoms with Crippen molar-refractivity contribution in [3.63, 3.8) is 0 Å². The first-order valence-corrected chi connectivity index (χ1v) is 9.31. The predicted molar refractivity (Wildman–Crippen MR) is 89.7 cm³/mol. The number of piperidine rings is 1. The van der Waals surface area contributed by atoms with Crippen LogP contribution in [0.15, 0.2) is 30.5 Å². The van der Waals surface area contributed by atoms with E-state index in [2.05, 4.69) is 10.3 Å². The van der Waals surface area contributed by atoms with E-state index in [0.717, 1.165) is 22.2 Å². The molecule has 1 aliphatic heterocycles. The Morgan fingerprint density at radius 2 is 1.88 bits per heavy atom. The molecule has 0 amide bonds. The molecule has 1 fully saturated rings. The molecule has 0 saturated carbocycles. The lowest BCUT2D eigenvalue weighted by Crippen LogP contribution is -2.47. The number of halogens is 3. The smallest absolute Gasteiger partial charge is 0.382 e. The lowest BCUT2D eigenvalue weighted by Gasteiger charge is -2.32. The number of para-hydroxylation sites is 1. The molecule has 0 radical (unpaired) electrons. The van der Waals surface area contributed by atoms with E-state index in [-0.39, 0.29) is 19.1 Å². The molecule has 1 saturated heterocycles. The molecule has 1 N–H and O–H groups in total. The van der Waals surface area contributed by atoms with Gasteiger partial charge in [0.05, 0.1) is 5.52 Å². The van der Waals surface area contributed by atoms with E-state index in [9.17, 15) is 21.6 Å². The summed E-state index contributed by atoms with van der Waals surface area (Å²) >= 11 is 0. The zero-order chi connectivity index (χ0) is 18.2. The average Bonchev–Trinajstić information content (AvgIpc) is 2.55. The van der Waals surface area contributed by atoms with Gasteiger partial charge in [-0.1, -0.05) is 18.2 Å². The van der Waals surface area contributed by atoms with Gasteiger partial charge in [0, 0.05) is 36.4 Å². The number of sulfonamides is 1. The summed E-state index contributed by atoms with van der Waals surface area (Å²) in [5, 5.41) is 4.26. The number of fused-ring (bicyclic) bond motifs is 1. The molecular formula is C16H18F3N3O2S.